The Balaban J connectivity index is 3.17. The summed E-state index contributed by atoms with van der Waals surface area (Å²) in [7, 11) is 0. The fourth-order valence-electron chi connectivity index (χ4n) is 2.24. The lowest BCUT2D eigenvalue weighted by Crippen LogP contribution is -2.01. The van der Waals surface area contributed by atoms with Gasteiger partial charge in [-0.2, -0.15) is 0 Å². The van der Waals surface area contributed by atoms with Gasteiger partial charge in [0.25, 0.3) is 0 Å². The molecule has 0 atom stereocenters. The summed E-state index contributed by atoms with van der Waals surface area (Å²) in [5.41, 5.74) is 7.06. The summed E-state index contributed by atoms with van der Waals surface area (Å²) < 4.78 is 0. The molecule has 0 amide bonds. The molecule has 0 heterocycles. The molecule has 1 nitrogen and oxygen atoms in total. The summed E-state index contributed by atoms with van der Waals surface area (Å²) >= 11 is 0. The van der Waals surface area contributed by atoms with Crippen molar-refractivity contribution in [2.75, 3.05) is 5.32 Å². The largest absolute Gasteiger partial charge is 0.356 e. The van der Waals surface area contributed by atoms with Gasteiger partial charge in [-0.3, -0.25) is 0 Å². The number of anilines is 1. The second-order valence-corrected chi connectivity index (χ2v) is 5.94. The van der Waals surface area contributed by atoms with Crippen molar-refractivity contribution < 1.29 is 0 Å². The molecule has 1 heteroatoms. The Morgan fingerprint density at radius 2 is 1.86 bits per heavy atom. The van der Waals surface area contributed by atoms with Gasteiger partial charge in [0.05, 0.1) is 0 Å². The molecule has 1 N–H and O–H groups in total. The zero-order valence-electron chi connectivity index (χ0n) is 14.0. The molecule has 21 heavy (non-hydrogen) atoms. The van der Waals surface area contributed by atoms with Gasteiger partial charge in [0, 0.05) is 11.4 Å². The van der Waals surface area contributed by atoms with Crippen LogP contribution in [0.25, 0.3) is 5.57 Å². The van der Waals surface area contributed by atoms with Crippen LogP contribution in [0.1, 0.15) is 51.7 Å². The lowest BCUT2D eigenvalue weighted by molar-refractivity contribution is 0.863. The quantitative estimate of drug-likeness (QED) is 0.604. The van der Waals surface area contributed by atoms with E-state index in [2.05, 4.69) is 77.4 Å². The molecule has 1 aromatic rings. The number of rotatable bonds is 6. The maximum atomic E-state index is 4.07. The van der Waals surface area contributed by atoms with E-state index in [1.165, 1.54) is 16.7 Å². The van der Waals surface area contributed by atoms with Gasteiger partial charge in [0.15, 0.2) is 0 Å². The molecule has 0 saturated carbocycles. The first kappa shape index (κ1) is 17.0. The number of nitrogens with one attached hydrogen (secondary N) is 1. The lowest BCUT2D eigenvalue weighted by atomic mass is 9.93. The maximum Gasteiger partial charge on any atom is 0.0387 e. The van der Waals surface area contributed by atoms with E-state index in [-0.39, 0.29) is 0 Å². The van der Waals surface area contributed by atoms with Crippen molar-refractivity contribution in [2.24, 2.45) is 0 Å². The monoisotopic (exact) mass is 281 g/mol. The van der Waals surface area contributed by atoms with Crippen LogP contribution in [0.3, 0.4) is 0 Å². The van der Waals surface area contributed by atoms with Crippen LogP contribution in [-0.2, 0) is 0 Å². The van der Waals surface area contributed by atoms with Crippen LogP contribution in [0.2, 0.25) is 0 Å². The second-order valence-electron chi connectivity index (χ2n) is 5.94. The molecule has 0 aliphatic heterocycles. The molecule has 0 fully saturated rings. The first-order valence-electron chi connectivity index (χ1n) is 7.39. The average Bonchev–Trinajstić information content (AvgIpc) is 2.37. The van der Waals surface area contributed by atoms with Gasteiger partial charge in [0.1, 0.15) is 0 Å². The van der Waals surface area contributed by atoms with E-state index < -0.39 is 0 Å². The van der Waals surface area contributed by atoms with Crippen molar-refractivity contribution in [3.63, 3.8) is 0 Å². The van der Waals surface area contributed by atoms with Gasteiger partial charge in [-0.1, -0.05) is 50.3 Å². The number of benzene rings is 1. The topological polar surface area (TPSA) is 12.0 Å². The van der Waals surface area contributed by atoms with Gasteiger partial charge in [0.2, 0.25) is 0 Å². The summed E-state index contributed by atoms with van der Waals surface area (Å²) in [5, 5.41) is 3.46. The van der Waals surface area contributed by atoms with Crippen molar-refractivity contribution >= 4 is 11.3 Å². The van der Waals surface area contributed by atoms with Gasteiger partial charge in [-0.15, -0.1) is 0 Å². The van der Waals surface area contributed by atoms with Crippen molar-refractivity contribution in [3.05, 3.63) is 72.0 Å². The van der Waals surface area contributed by atoms with Crippen LogP contribution >= 0.6 is 0 Å². The first-order chi connectivity index (χ1) is 9.85. The highest BCUT2D eigenvalue weighted by Gasteiger charge is 2.08. The minimum absolute atomic E-state index is 0.466. The Morgan fingerprint density at radius 3 is 2.33 bits per heavy atom. The Bertz CT molecular complexity index is 582. The molecule has 0 aliphatic carbocycles. The van der Waals surface area contributed by atoms with Crippen LogP contribution in [-0.4, -0.2) is 0 Å². The highest BCUT2D eigenvalue weighted by molar-refractivity contribution is 5.68. The minimum atomic E-state index is 0.466. The third kappa shape index (κ3) is 5.11. The summed E-state index contributed by atoms with van der Waals surface area (Å²) in [6.07, 6.45) is 5.89. The molecular weight excluding hydrogens is 254 g/mol. The van der Waals surface area contributed by atoms with E-state index in [4.69, 9.17) is 0 Å². The van der Waals surface area contributed by atoms with Crippen LogP contribution in [0, 0.1) is 0 Å². The Kier molecular flexibility index (Phi) is 6.23. The Hall–Kier alpha value is -2.02. The molecule has 0 radical (unpaired) electrons. The van der Waals surface area contributed by atoms with Gasteiger partial charge in [-0.25, -0.2) is 0 Å². The predicted octanol–water partition coefficient (Wildman–Crippen LogP) is 6.29. The highest BCUT2D eigenvalue weighted by Crippen LogP contribution is 2.28. The van der Waals surface area contributed by atoms with Crippen molar-refractivity contribution in [1.29, 1.82) is 0 Å². The summed E-state index contributed by atoms with van der Waals surface area (Å²) in [6.45, 7) is 18.5. The van der Waals surface area contributed by atoms with E-state index in [1.807, 2.05) is 6.08 Å². The molecule has 0 spiro atoms. The summed E-state index contributed by atoms with van der Waals surface area (Å²) in [5.74, 6) is 0.466. The van der Waals surface area contributed by atoms with Gasteiger partial charge in [-0.05, 0) is 62.1 Å². The number of hydrogen-bond acceptors (Lipinski definition) is 1. The zero-order valence-corrected chi connectivity index (χ0v) is 14.0. The smallest absolute Gasteiger partial charge is 0.0387 e. The molecule has 0 saturated heterocycles. The number of allylic oxidation sites excluding steroid dienone is 5. The van der Waals surface area contributed by atoms with Crippen LogP contribution < -0.4 is 5.32 Å². The zero-order chi connectivity index (χ0) is 16.0. The van der Waals surface area contributed by atoms with E-state index in [0.29, 0.717) is 5.92 Å². The molecule has 1 rings (SSSR count). The van der Waals surface area contributed by atoms with E-state index in [1.54, 1.807) is 6.08 Å². The molecule has 1 aromatic carbocycles. The molecule has 0 unspecified atom stereocenters. The van der Waals surface area contributed by atoms with E-state index >= 15 is 0 Å². The van der Waals surface area contributed by atoms with Crippen molar-refractivity contribution in [1.82, 2.24) is 0 Å². The van der Waals surface area contributed by atoms with Crippen LogP contribution in [0.4, 0.5) is 5.69 Å². The van der Waals surface area contributed by atoms with Crippen molar-refractivity contribution in [3.8, 4) is 0 Å². The standard InChI is InChI=1S/C20H27N/c1-8-9-17(12-14(2)3)21-18-10-11-19(15(4)5)20(13-18)16(6)7/h8-13,16,21H,1,4H2,2-3,5-7H3/b17-9+. The Labute approximate surface area is 129 Å². The van der Waals surface area contributed by atoms with Crippen LogP contribution in [0.5, 0.6) is 0 Å². The molecule has 0 bridgehead atoms. The maximum absolute atomic E-state index is 4.07. The summed E-state index contributed by atoms with van der Waals surface area (Å²) in [4.78, 5) is 0. The Morgan fingerprint density at radius 1 is 1.19 bits per heavy atom. The third-order valence-corrected chi connectivity index (χ3v) is 3.16. The summed E-state index contributed by atoms with van der Waals surface area (Å²) in [6, 6.07) is 6.46. The first-order valence-corrected chi connectivity index (χ1v) is 7.39. The number of hydrogen-bond donors (Lipinski definition) is 1. The fourth-order valence-corrected chi connectivity index (χ4v) is 2.24. The average molecular weight is 281 g/mol. The third-order valence-electron chi connectivity index (χ3n) is 3.16. The van der Waals surface area contributed by atoms with Gasteiger partial charge < -0.3 is 5.32 Å². The predicted molar refractivity (Wildman–Crippen MR) is 96.6 cm³/mol. The van der Waals surface area contributed by atoms with E-state index in [0.717, 1.165) is 17.0 Å². The normalized spacial score (nSPS) is 11.2. The van der Waals surface area contributed by atoms with Crippen LogP contribution in [0.15, 0.2) is 60.9 Å². The molecular formula is C20H27N. The minimum Gasteiger partial charge on any atom is -0.356 e. The SMILES string of the molecule is C=C/C=C(\C=C(C)C)Nc1ccc(C(=C)C)c(C(C)C)c1. The lowest BCUT2D eigenvalue weighted by Gasteiger charge is -2.16. The molecule has 112 valence electrons. The fraction of sp³-hybridized carbons (Fsp3) is 0.300. The van der Waals surface area contributed by atoms with Gasteiger partial charge >= 0.3 is 0 Å². The molecule has 0 aromatic heterocycles. The molecule has 0 aliphatic rings. The van der Waals surface area contributed by atoms with Crippen molar-refractivity contribution in [2.45, 2.75) is 40.5 Å². The highest BCUT2D eigenvalue weighted by atomic mass is 14.9. The van der Waals surface area contributed by atoms with E-state index in [9.17, 15) is 0 Å². The second kappa shape index (κ2) is 7.68.